The Morgan fingerprint density at radius 2 is 2.07 bits per heavy atom. The topological polar surface area (TPSA) is 49.4 Å². The number of alkyl halides is 1. The van der Waals surface area contributed by atoms with Gasteiger partial charge in [-0.1, -0.05) is 15.9 Å². The standard InChI is InChI=1S/C10H17BrN2O2/c1-7(14)12-8-4-5-13(6-8)9(15)10(2,3)11/h8H,4-6H2,1-3H3,(H,12,14). The fraction of sp³-hybridized carbons (Fsp3) is 0.800. The Kier molecular flexibility index (Phi) is 3.76. The van der Waals surface area contributed by atoms with Gasteiger partial charge in [-0.15, -0.1) is 0 Å². The smallest absolute Gasteiger partial charge is 0.238 e. The van der Waals surface area contributed by atoms with Crippen molar-refractivity contribution in [2.45, 2.75) is 37.6 Å². The Morgan fingerprint density at radius 1 is 1.47 bits per heavy atom. The van der Waals surface area contributed by atoms with Gasteiger partial charge >= 0.3 is 0 Å². The third-order valence-corrected chi connectivity index (χ3v) is 2.73. The predicted octanol–water partition coefficient (Wildman–Crippen LogP) is 0.897. The molecular formula is C10H17BrN2O2. The average Bonchev–Trinajstić information content (AvgIpc) is 2.48. The van der Waals surface area contributed by atoms with Crippen LogP contribution >= 0.6 is 15.9 Å². The van der Waals surface area contributed by atoms with E-state index in [0.717, 1.165) is 13.0 Å². The van der Waals surface area contributed by atoms with E-state index in [0.29, 0.717) is 6.54 Å². The first kappa shape index (κ1) is 12.5. The number of nitrogens with zero attached hydrogens (tertiary/aromatic N) is 1. The first-order valence-corrected chi connectivity index (χ1v) is 5.85. The normalized spacial score (nSPS) is 21.6. The molecule has 1 N–H and O–H groups in total. The molecule has 1 heterocycles. The Balaban J connectivity index is 2.50. The van der Waals surface area contributed by atoms with Gasteiger partial charge in [0.2, 0.25) is 11.8 Å². The molecule has 1 unspecified atom stereocenters. The van der Waals surface area contributed by atoms with Crippen LogP contribution in [0.1, 0.15) is 27.2 Å². The Labute approximate surface area is 98.5 Å². The molecule has 1 atom stereocenters. The van der Waals surface area contributed by atoms with Crippen LogP contribution in [0, 0.1) is 0 Å². The number of amides is 2. The van der Waals surface area contributed by atoms with Crippen LogP contribution in [0.15, 0.2) is 0 Å². The number of hydrogen-bond donors (Lipinski definition) is 1. The van der Waals surface area contributed by atoms with Gasteiger partial charge in [-0.2, -0.15) is 0 Å². The van der Waals surface area contributed by atoms with Crippen molar-refractivity contribution in [3.05, 3.63) is 0 Å². The highest BCUT2D eigenvalue weighted by Crippen LogP contribution is 2.22. The largest absolute Gasteiger partial charge is 0.352 e. The average molecular weight is 277 g/mol. The molecule has 86 valence electrons. The highest BCUT2D eigenvalue weighted by Gasteiger charge is 2.34. The fourth-order valence-electron chi connectivity index (χ4n) is 1.73. The highest BCUT2D eigenvalue weighted by molar-refractivity contribution is 9.10. The van der Waals surface area contributed by atoms with Gasteiger partial charge in [0.25, 0.3) is 0 Å². The van der Waals surface area contributed by atoms with E-state index in [1.54, 1.807) is 4.90 Å². The highest BCUT2D eigenvalue weighted by atomic mass is 79.9. The Hall–Kier alpha value is -0.580. The number of carbonyl (C=O) groups is 2. The number of rotatable bonds is 2. The maximum absolute atomic E-state index is 11.9. The lowest BCUT2D eigenvalue weighted by Crippen LogP contribution is -2.42. The third-order valence-electron chi connectivity index (χ3n) is 2.39. The molecule has 2 amide bonds. The van der Waals surface area contributed by atoms with Crippen LogP contribution in [0.3, 0.4) is 0 Å². The van der Waals surface area contributed by atoms with Gasteiger partial charge < -0.3 is 10.2 Å². The van der Waals surface area contributed by atoms with Crippen molar-refractivity contribution < 1.29 is 9.59 Å². The quantitative estimate of drug-likeness (QED) is 0.762. The van der Waals surface area contributed by atoms with Crippen LogP contribution in [0.4, 0.5) is 0 Å². The summed E-state index contributed by atoms with van der Waals surface area (Å²) in [6, 6.07) is 0.112. The van der Waals surface area contributed by atoms with Crippen molar-refractivity contribution in [1.82, 2.24) is 10.2 Å². The van der Waals surface area contributed by atoms with Crippen LogP contribution < -0.4 is 5.32 Å². The van der Waals surface area contributed by atoms with Crippen molar-refractivity contribution in [2.24, 2.45) is 0 Å². The fourth-order valence-corrected chi connectivity index (χ4v) is 1.98. The Bertz CT molecular complexity index is 273. The molecule has 1 rings (SSSR count). The van der Waals surface area contributed by atoms with Crippen molar-refractivity contribution in [3.63, 3.8) is 0 Å². The van der Waals surface area contributed by atoms with E-state index < -0.39 is 4.32 Å². The molecule has 0 aromatic carbocycles. The summed E-state index contributed by atoms with van der Waals surface area (Å²) in [4.78, 5) is 24.5. The van der Waals surface area contributed by atoms with E-state index in [1.165, 1.54) is 6.92 Å². The lowest BCUT2D eigenvalue weighted by molar-refractivity contribution is -0.132. The van der Waals surface area contributed by atoms with E-state index in [9.17, 15) is 9.59 Å². The molecule has 0 saturated carbocycles. The lowest BCUT2D eigenvalue weighted by Gasteiger charge is -2.24. The van der Waals surface area contributed by atoms with E-state index in [2.05, 4.69) is 21.2 Å². The number of likely N-dealkylation sites (tertiary alicyclic amines) is 1. The van der Waals surface area contributed by atoms with Gasteiger partial charge in [0.05, 0.1) is 4.32 Å². The zero-order chi connectivity index (χ0) is 11.6. The van der Waals surface area contributed by atoms with Gasteiger partial charge in [-0.05, 0) is 20.3 Å². The van der Waals surface area contributed by atoms with E-state index in [4.69, 9.17) is 0 Å². The molecular weight excluding hydrogens is 260 g/mol. The second-order valence-corrected chi connectivity index (χ2v) is 6.39. The number of halogens is 1. The van der Waals surface area contributed by atoms with Crippen molar-refractivity contribution in [1.29, 1.82) is 0 Å². The molecule has 1 saturated heterocycles. The summed E-state index contributed by atoms with van der Waals surface area (Å²) >= 11 is 3.35. The third kappa shape index (κ3) is 3.48. The first-order valence-electron chi connectivity index (χ1n) is 5.06. The summed E-state index contributed by atoms with van der Waals surface area (Å²) in [5.41, 5.74) is 0. The first-order chi connectivity index (χ1) is 6.80. The minimum atomic E-state index is -0.516. The number of carbonyl (C=O) groups excluding carboxylic acids is 2. The zero-order valence-electron chi connectivity index (χ0n) is 9.34. The van der Waals surface area contributed by atoms with Gasteiger partial charge in [0, 0.05) is 26.1 Å². The predicted molar refractivity (Wildman–Crippen MR) is 61.8 cm³/mol. The van der Waals surface area contributed by atoms with E-state index in [-0.39, 0.29) is 17.9 Å². The van der Waals surface area contributed by atoms with E-state index >= 15 is 0 Å². The van der Waals surface area contributed by atoms with Crippen LogP contribution in [-0.2, 0) is 9.59 Å². The Morgan fingerprint density at radius 3 is 2.53 bits per heavy atom. The van der Waals surface area contributed by atoms with Gasteiger partial charge in [0.15, 0.2) is 0 Å². The summed E-state index contributed by atoms with van der Waals surface area (Å²) in [5, 5.41) is 2.83. The maximum atomic E-state index is 11.9. The summed E-state index contributed by atoms with van der Waals surface area (Å²) in [6.45, 7) is 6.51. The molecule has 0 aliphatic carbocycles. The monoisotopic (exact) mass is 276 g/mol. The molecule has 0 bridgehead atoms. The minimum Gasteiger partial charge on any atom is -0.352 e. The molecule has 1 aliphatic rings. The molecule has 5 heteroatoms. The van der Waals surface area contributed by atoms with Gasteiger partial charge in [-0.3, -0.25) is 9.59 Å². The summed E-state index contributed by atoms with van der Waals surface area (Å²) in [7, 11) is 0. The molecule has 4 nitrogen and oxygen atoms in total. The lowest BCUT2D eigenvalue weighted by atomic mass is 10.2. The summed E-state index contributed by atoms with van der Waals surface area (Å²) in [5.74, 6) is 0.0442. The summed E-state index contributed by atoms with van der Waals surface area (Å²) < 4.78 is -0.516. The van der Waals surface area contributed by atoms with Crippen LogP contribution in [0.2, 0.25) is 0 Å². The van der Waals surface area contributed by atoms with Crippen molar-refractivity contribution in [2.75, 3.05) is 13.1 Å². The van der Waals surface area contributed by atoms with Crippen LogP contribution in [0.5, 0.6) is 0 Å². The number of nitrogens with one attached hydrogen (secondary N) is 1. The van der Waals surface area contributed by atoms with Gasteiger partial charge in [-0.25, -0.2) is 0 Å². The summed E-state index contributed by atoms with van der Waals surface area (Å²) in [6.07, 6.45) is 0.842. The van der Waals surface area contributed by atoms with Crippen molar-refractivity contribution in [3.8, 4) is 0 Å². The van der Waals surface area contributed by atoms with Crippen molar-refractivity contribution >= 4 is 27.7 Å². The molecule has 0 aromatic heterocycles. The SMILES string of the molecule is CC(=O)NC1CCN(C(=O)C(C)(C)Br)C1. The molecule has 0 radical (unpaired) electrons. The molecule has 1 aliphatic heterocycles. The van der Waals surface area contributed by atoms with Crippen LogP contribution in [0.25, 0.3) is 0 Å². The molecule has 1 fully saturated rings. The minimum absolute atomic E-state index is 0.0348. The zero-order valence-corrected chi connectivity index (χ0v) is 10.9. The number of hydrogen-bond acceptors (Lipinski definition) is 2. The van der Waals surface area contributed by atoms with E-state index in [1.807, 2.05) is 13.8 Å². The molecule has 0 spiro atoms. The maximum Gasteiger partial charge on any atom is 0.238 e. The van der Waals surface area contributed by atoms with Crippen LogP contribution in [-0.4, -0.2) is 40.2 Å². The second-order valence-electron chi connectivity index (χ2n) is 4.41. The second kappa shape index (κ2) is 4.51. The molecule has 0 aromatic rings. The molecule has 15 heavy (non-hydrogen) atoms. The van der Waals surface area contributed by atoms with Gasteiger partial charge in [0.1, 0.15) is 0 Å².